The van der Waals surface area contributed by atoms with Crippen LogP contribution in [0.15, 0.2) is 59.5 Å². The van der Waals surface area contributed by atoms with Gasteiger partial charge in [0, 0.05) is 23.6 Å². The summed E-state index contributed by atoms with van der Waals surface area (Å²) in [5.41, 5.74) is 3.24. The van der Waals surface area contributed by atoms with Crippen LogP contribution in [-0.4, -0.2) is 14.7 Å². The van der Waals surface area contributed by atoms with Crippen LogP contribution in [-0.2, 0) is 13.2 Å². The van der Waals surface area contributed by atoms with Crippen molar-refractivity contribution >= 4 is 21.8 Å². The van der Waals surface area contributed by atoms with Crippen LogP contribution in [0, 0.1) is 5.82 Å². The number of hydrogen-bond acceptors (Lipinski definition) is 2. The summed E-state index contributed by atoms with van der Waals surface area (Å²) in [4.78, 5) is 14.9. The molecule has 120 valence electrons. The number of hydrogen-bond donors (Lipinski definition) is 2. The Kier molecular flexibility index (Phi) is 3.43. The number of H-pyrrole nitrogens is 1. The van der Waals surface area contributed by atoms with Crippen molar-refractivity contribution in [3.05, 3.63) is 82.0 Å². The molecule has 0 fully saturated rings. The average molecular weight is 322 g/mol. The minimum Gasteiger partial charge on any atom is -0.392 e. The third kappa shape index (κ3) is 2.30. The summed E-state index contributed by atoms with van der Waals surface area (Å²) in [5.74, 6) is -0.364. The van der Waals surface area contributed by atoms with Crippen molar-refractivity contribution in [2.75, 3.05) is 0 Å². The summed E-state index contributed by atoms with van der Waals surface area (Å²) < 4.78 is 15.7. The number of aromatic nitrogens is 2. The molecule has 0 aliphatic heterocycles. The first kappa shape index (κ1) is 14.7. The third-order valence-electron chi connectivity index (χ3n) is 4.29. The minimum absolute atomic E-state index is 0.00428. The third-order valence-corrected chi connectivity index (χ3v) is 4.29. The van der Waals surface area contributed by atoms with E-state index in [-0.39, 0.29) is 18.0 Å². The molecule has 0 aliphatic rings. The van der Waals surface area contributed by atoms with Gasteiger partial charge in [-0.05, 0) is 35.4 Å². The first-order valence-electron chi connectivity index (χ1n) is 7.65. The highest BCUT2D eigenvalue weighted by molar-refractivity contribution is 6.07. The van der Waals surface area contributed by atoms with Gasteiger partial charge in [-0.2, -0.15) is 0 Å². The second-order valence-corrected chi connectivity index (χ2v) is 5.79. The molecule has 4 rings (SSSR count). The van der Waals surface area contributed by atoms with E-state index < -0.39 is 0 Å². The van der Waals surface area contributed by atoms with E-state index in [4.69, 9.17) is 5.11 Å². The molecule has 2 aromatic heterocycles. The second kappa shape index (κ2) is 5.62. The zero-order valence-corrected chi connectivity index (χ0v) is 12.8. The molecule has 0 amide bonds. The maximum Gasteiger partial charge on any atom is 0.258 e. The van der Waals surface area contributed by atoms with Crippen molar-refractivity contribution < 1.29 is 9.50 Å². The first-order chi connectivity index (χ1) is 11.7. The van der Waals surface area contributed by atoms with E-state index >= 15 is 0 Å². The number of aromatic amines is 1. The topological polar surface area (TPSA) is 58.0 Å². The van der Waals surface area contributed by atoms with E-state index in [0.717, 1.165) is 22.2 Å². The zero-order chi connectivity index (χ0) is 16.7. The van der Waals surface area contributed by atoms with E-state index in [9.17, 15) is 9.18 Å². The van der Waals surface area contributed by atoms with Gasteiger partial charge in [0.1, 0.15) is 5.82 Å². The Labute approximate surface area is 136 Å². The van der Waals surface area contributed by atoms with Gasteiger partial charge < -0.3 is 14.7 Å². The van der Waals surface area contributed by atoms with Crippen LogP contribution in [0.5, 0.6) is 0 Å². The summed E-state index contributed by atoms with van der Waals surface area (Å²) >= 11 is 0. The van der Waals surface area contributed by atoms with Crippen LogP contribution in [0.4, 0.5) is 4.39 Å². The number of fused-ring (bicyclic) bond motifs is 3. The molecule has 2 aromatic carbocycles. The number of nitrogens with one attached hydrogen (secondary N) is 1. The highest BCUT2D eigenvalue weighted by Crippen LogP contribution is 2.27. The number of pyridine rings is 1. The lowest BCUT2D eigenvalue weighted by molar-refractivity contribution is 0.282. The normalized spacial score (nSPS) is 11.4. The molecule has 0 atom stereocenters. The van der Waals surface area contributed by atoms with Gasteiger partial charge in [-0.3, -0.25) is 4.79 Å². The van der Waals surface area contributed by atoms with Crippen LogP contribution in [0.3, 0.4) is 0 Å². The van der Waals surface area contributed by atoms with E-state index in [0.29, 0.717) is 17.3 Å². The summed E-state index contributed by atoms with van der Waals surface area (Å²) in [6, 6.07) is 14.0. The number of nitrogens with zero attached hydrogens (tertiary/aromatic N) is 1. The lowest BCUT2D eigenvalue weighted by atomic mass is 10.1. The van der Waals surface area contributed by atoms with Gasteiger partial charge in [-0.1, -0.05) is 24.3 Å². The fraction of sp³-hybridized carbons (Fsp3) is 0.105. The van der Waals surface area contributed by atoms with Gasteiger partial charge in [0.25, 0.3) is 5.56 Å². The molecule has 4 nitrogen and oxygen atoms in total. The molecule has 2 N–H and O–H groups in total. The molecule has 24 heavy (non-hydrogen) atoms. The fourth-order valence-electron chi connectivity index (χ4n) is 3.13. The number of halogens is 1. The SMILES string of the molecule is O=c1[nH]ccc2c1c1cc(F)ccc1n2Cc1ccc(CO)cc1. The molecule has 0 saturated carbocycles. The van der Waals surface area contributed by atoms with Crippen LogP contribution in [0.25, 0.3) is 21.8 Å². The molecular formula is C19H15FN2O2. The molecule has 0 saturated heterocycles. The van der Waals surface area contributed by atoms with Crippen molar-refractivity contribution in [1.82, 2.24) is 9.55 Å². The molecule has 0 radical (unpaired) electrons. The summed E-state index contributed by atoms with van der Waals surface area (Å²) in [6.45, 7) is 0.561. The van der Waals surface area contributed by atoms with E-state index in [1.807, 2.05) is 34.9 Å². The van der Waals surface area contributed by atoms with Gasteiger partial charge >= 0.3 is 0 Å². The van der Waals surface area contributed by atoms with Gasteiger partial charge in [0.15, 0.2) is 0 Å². The maximum atomic E-state index is 13.7. The van der Waals surface area contributed by atoms with Gasteiger partial charge in [0.2, 0.25) is 0 Å². The van der Waals surface area contributed by atoms with Crippen molar-refractivity contribution in [2.45, 2.75) is 13.2 Å². The van der Waals surface area contributed by atoms with Crippen molar-refractivity contribution in [1.29, 1.82) is 0 Å². The minimum atomic E-state index is -0.364. The Morgan fingerprint density at radius 2 is 1.75 bits per heavy atom. The molecular weight excluding hydrogens is 307 g/mol. The van der Waals surface area contributed by atoms with Crippen LogP contribution in [0.2, 0.25) is 0 Å². The molecule has 0 unspecified atom stereocenters. The average Bonchev–Trinajstić information content (AvgIpc) is 2.90. The quantitative estimate of drug-likeness (QED) is 0.609. The fourth-order valence-corrected chi connectivity index (χ4v) is 3.13. The van der Waals surface area contributed by atoms with Crippen molar-refractivity contribution in [3.63, 3.8) is 0 Å². The highest BCUT2D eigenvalue weighted by Gasteiger charge is 2.14. The Morgan fingerprint density at radius 1 is 1.00 bits per heavy atom. The standard InChI is InChI=1S/C19H15FN2O2/c20-14-5-6-16-15(9-14)18-17(7-8-21-19(18)24)22(16)10-12-1-3-13(11-23)4-2-12/h1-9,23H,10-11H2,(H,21,24). The van der Waals surface area contributed by atoms with Gasteiger partial charge in [0.05, 0.1) is 17.5 Å². The van der Waals surface area contributed by atoms with E-state index in [1.54, 1.807) is 12.3 Å². The Morgan fingerprint density at radius 3 is 2.50 bits per heavy atom. The zero-order valence-electron chi connectivity index (χ0n) is 12.8. The number of rotatable bonds is 3. The van der Waals surface area contributed by atoms with Crippen molar-refractivity contribution in [2.24, 2.45) is 0 Å². The molecule has 5 heteroatoms. The molecule has 0 aliphatic carbocycles. The first-order valence-corrected chi connectivity index (χ1v) is 7.65. The largest absolute Gasteiger partial charge is 0.392 e. The van der Waals surface area contributed by atoms with Crippen molar-refractivity contribution in [3.8, 4) is 0 Å². The van der Waals surface area contributed by atoms with E-state index in [1.165, 1.54) is 12.1 Å². The molecule has 0 bridgehead atoms. The molecule has 2 heterocycles. The number of benzene rings is 2. The Bertz CT molecular complexity index is 1090. The maximum absolute atomic E-state index is 13.7. The summed E-state index contributed by atoms with van der Waals surface area (Å²) in [5, 5.41) is 10.3. The summed E-state index contributed by atoms with van der Waals surface area (Å²) in [7, 11) is 0. The van der Waals surface area contributed by atoms with Gasteiger partial charge in [-0.15, -0.1) is 0 Å². The summed E-state index contributed by atoms with van der Waals surface area (Å²) in [6.07, 6.45) is 1.60. The lowest BCUT2D eigenvalue weighted by Gasteiger charge is -2.08. The molecule has 4 aromatic rings. The monoisotopic (exact) mass is 322 g/mol. The van der Waals surface area contributed by atoms with Crippen LogP contribution < -0.4 is 5.56 Å². The lowest BCUT2D eigenvalue weighted by Crippen LogP contribution is -2.05. The van der Waals surface area contributed by atoms with E-state index in [2.05, 4.69) is 4.98 Å². The highest BCUT2D eigenvalue weighted by atomic mass is 19.1. The van der Waals surface area contributed by atoms with Gasteiger partial charge in [-0.25, -0.2) is 4.39 Å². The number of aliphatic hydroxyl groups excluding tert-OH is 1. The smallest absolute Gasteiger partial charge is 0.258 e. The predicted octanol–water partition coefficient (Wildman–Crippen LogP) is 3.16. The predicted molar refractivity (Wildman–Crippen MR) is 91.5 cm³/mol. The molecule has 0 spiro atoms. The number of aliphatic hydroxyl groups is 1. The Balaban J connectivity index is 1.95. The van der Waals surface area contributed by atoms with Crippen LogP contribution in [0.1, 0.15) is 11.1 Å². The van der Waals surface area contributed by atoms with Crippen LogP contribution >= 0.6 is 0 Å². The second-order valence-electron chi connectivity index (χ2n) is 5.79. The Hall–Kier alpha value is -2.92.